The van der Waals surface area contributed by atoms with Crippen molar-refractivity contribution in [2.45, 2.75) is 32.4 Å². The summed E-state index contributed by atoms with van der Waals surface area (Å²) in [7, 11) is 2.14. The van der Waals surface area contributed by atoms with Crippen molar-refractivity contribution in [1.82, 2.24) is 15.1 Å². The Morgan fingerprint density at radius 1 is 1.57 bits per heavy atom. The van der Waals surface area contributed by atoms with Crippen molar-refractivity contribution in [2.75, 3.05) is 7.05 Å². The number of nitrogens with zero attached hydrogens (tertiary/aromatic N) is 3. The van der Waals surface area contributed by atoms with Crippen LogP contribution in [0.3, 0.4) is 0 Å². The second-order valence-electron chi connectivity index (χ2n) is 3.94. The first-order valence-electron chi connectivity index (χ1n) is 4.85. The molecule has 0 N–H and O–H groups in total. The van der Waals surface area contributed by atoms with Gasteiger partial charge in [0, 0.05) is 6.04 Å². The highest BCUT2D eigenvalue weighted by Gasteiger charge is 2.30. The highest BCUT2D eigenvalue weighted by Crippen LogP contribution is 2.35. The lowest BCUT2D eigenvalue weighted by molar-refractivity contribution is 0.226. The monoisotopic (exact) mass is 231 g/mol. The van der Waals surface area contributed by atoms with E-state index in [9.17, 15) is 0 Å². The van der Waals surface area contributed by atoms with Gasteiger partial charge in [0.05, 0.1) is 6.54 Å². The van der Waals surface area contributed by atoms with Gasteiger partial charge in [-0.2, -0.15) is 0 Å². The summed E-state index contributed by atoms with van der Waals surface area (Å²) in [6.07, 6.45) is 2.75. The van der Waals surface area contributed by atoms with E-state index >= 15 is 0 Å². The first-order valence-corrected chi connectivity index (χ1v) is 6.04. The molecule has 0 aromatic carbocycles. The largest absolute Gasteiger partial charge is 0.297 e. The van der Waals surface area contributed by atoms with Gasteiger partial charge >= 0.3 is 0 Å². The van der Waals surface area contributed by atoms with Crippen molar-refractivity contribution < 1.29 is 0 Å². The van der Waals surface area contributed by atoms with Crippen LogP contribution in [0.15, 0.2) is 0 Å². The third-order valence-corrected chi connectivity index (χ3v) is 3.83. The Morgan fingerprint density at radius 2 is 2.29 bits per heavy atom. The Labute approximate surface area is 93.1 Å². The van der Waals surface area contributed by atoms with Gasteiger partial charge in [0.15, 0.2) is 0 Å². The summed E-state index contributed by atoms with van der Waals surface area (Å²) in [5.41, 5.74) is 0. The maximum Gasteiger partial charge on any atom is 0.207 e. The maximum atomic E-state index is 5.72. The van der Waals surface area contributed by atoms with Gasteiger partial charge in [-0.3, -0.25) is 4.90 Å². The quantitative estimate of drug-likeness (QED) is 0.797. The van der Waals surface area contributed by atoms with E-state index in [1.165, 1.54) is 24.2 Å². The summed E-state index contributed by atoms with van der Waals surface area (Å²) in [6.45, 7) is 3.14. The fourth-order valence-electron chi connectivity index (χ4n) is 1.59. The van der Waals surface area contributed by atoms with Crippen molar-refractivity contribution >= 4 is 22.9 Å². The number of aromatic nitrogens is 2. The summed E-state index contributed by atoms with van der Waals surface area (Å²) >= 11 is 7.19. The van der Waals surface area contributed by atoms with Gasteiger partial charge in [-0.15, -0.1) is 10.2 Å². The van der Waals surface area contributed by atoms with Crippen molar-refractivity contribution in [3.8, 4) is 0 Å². The normalized spacial score (nSPS) is 18.9. The zero-order chi connectivity index (χ0) is 10.1. The van der Waals surface area contributed by atoms with Gasteiger partial charge in [0.25, 0.3) is 0 Å². The molecule has 1 fully saturated rings. The molecule has 1 aliphatic rings. The molecule has 1 aliphatic carbocycles. The lowest BCUT2D eigenvalue weighted by atomic mass is 10.2. The predicted molar refractivity (Wildman–Crippen MR) is 58.6 cm³/mol. The third kappa shape index (κ3) is 2.43. The summed E-state index contributed by atoms with van der Waals surface area (Å²) in [4.78, 5) is 2.33. The first-order chi connectivity index (χ1) is 6.66. The van der Waals surface area contributed by atoms with E-state index in [1.54, 1.807) is 0 Å². The molecule has 0 saturated heterocycles. The zero-order valence-electron chi connectivity index (χ0n) is 8.40. The van der Waals surface area contributed by atoms with Crippen molar-refractivity contribution in [2.24, 2.45) is 5.92 Å². The Balaban J connectivity index is 1.89. The number of rotatable bonds is 4. The first kappa shape index (κ1) is 10.3. The molecule has 1 aromatic rings. The predicted octanol–water partition coefficient (Wildman–Crippen LogP) is 2.42. The van der Waals surface area contributed by atoms with E-state index in [4.69, 9.17) is 11.6 Å². The highest BCUT2D eigenvalue weighted by atomic mass is 35.5. The minimum absolute atomic E-state index is 0.535. The van der Waals surface area contributed by atoms with Crippen LogP contribution in [-0.4, -0.2) is 28.2 Å². The molecule has 0 bridgehead atoms. The van der Waals surface area contributed by atoms with Crippen LogP contribution in [0.2, 0.25) is 4.47 Å². The summed E-state index contributed by atoms with van der Waals surface area (Å²) < 4.78 is 0.535. The van der Waals surface area contributed by atoms with Gasteiger partial charge in [0.1, 0.15) is 5.01 Å². The lowest BCUT2D eigenvalue weighted by Gasteiger charge is -2.22. The fraction of sp³-hybridized carbons (Fsp3) is 0.778. The average Bonchev–Trinajstić information content (AvgIpc) is 2.91. The number of halogens is 1. The van der Waals surface area contributed by atoms with Crippen molar-refractivity contribution in [3.63, 3.8) is 0 Å². The number of hydrogen-bond acceptors (Lipinski definition) is 4. The van der Waals surface area contributed by atoms with E-state index in [0.717, 1.165) is 17.5 Å². The van der Waals surface area contributed by atoms with Crippen molar-refractivity contribution in [3.05, 3.63) is 9.47 Å². The molecule has 5 heteroatoms. The molecule has 1 unspecified atom stereocenters. The minimum Gasteiger partial charge on any atom is -0.297 e. The van der Waals surface area contributed by atoms with Crippen LogP contribution in [0.25, 0.3) is 0 Å². The van der Waals surface area contributed by atoms with Crippen LogP contribution < -0.4 is 0 Å². The molecule has 0 aliphatic heterocycles. The third-order valence-electron chi connectivity index (χ3n) is 2.83. The second-order valence-corrected chi connectivity index (χ2v) is 5.59. The van der Waals surface area contributed by atoms with E-state index in [-0.39, 0.29) is 0 Å². The average molecular weight is 232 g/mol. The SMILES string of the molecule is CC(C1CC1)N(C)Cc1nnc(Cl)s1. The lowest BCUT2D eigenvalue weighted by Crippen LogP contribution is -2.30. The molecule has 1 heterocycles. The van der Waals surface area contributed by atoms with Crippen LogP contribution in [-0.2, 0) is 6.54 Å². The molecular formula is C9H14ClN3S. The molecular weight excluding hydrogens is 218 g/mol. The minimum atomic E-state index is 0.535. The fourth-order valence-corrected chi connectivity index (χ4v) is 2.52. The summed E-state index contributed by atoms with van der Waals surface area (Å²) in [6, 6.07) is 0.651. The van der Waals surface area contributed by atoms with E-state index in [1.807, 2.05) is 0 Å². The van der Waals surface area contributed by atoms with Gasteiger partial charge in [-0.05, 0) is 44.3 Å². The summed E-state index contributed by atoms with van der Waals surface area (Å²) in [5.74, 6) is 0.892. The van der Waals surface area contributed by atoms with E-state index in [2.05, 4.69) is 29.1 Å². The molecule has 1 saturated carbocycles. The van der Waals surface area contributed by atoms with Gasteiger partial charge in [0.2, 0.25) is 4.47 Å². The van der Waals surface area contributed by atoms with Crippen LogP contribution in [0.4, 0.5) is 0 Å². The van der Waals surface area contributed by atoms with E-state index < -0.39 is 0 Å². The number of hydrogen-bond donors (Lipinski definition) is 0. The molecule has 1 atom stereocenters. The molecule has 0 amide bonds. The standard InChI is InChI=1S/C9H14ClN3S/c1-6(7-3-4-7)13(2)5-8-11-12-9(10)14-8/h6-7H,3-5H2,1-2H3. The Morgan fingerprint density at radius 3 is 2.79 bits per heavy atom. The molecule has 14 heavy (non-hydrogen) atoms. The topological polar surface area (TPSA) is 29.0 Å². The van der Waals surface area contributed by atoms with Crippen molar-refractivity contribution in [1.29, 1.82) is 0 Å². The zero-order valence-corrected chi connectivity index (χ0v) is 9.98. The maximum absolute atomic E-state index is 5.72. The smallest absolute Gasteiger partial charge is 0.207 e. The van der Waals surface area contributed by atoms with Crippen LogP contribution in [0.5, 0.6) is 0 Å². The molecule has 1 aromatic heterocycles. The van der Waals surface area contributed by atoms with E-state index in [0.29, 0.717) is 10.5 Å². The Bertz CT molecular complexity index is 311. The molecule has 2 rings (SSSR count). The van der Waals surface area contributed by atoms with Gasteiger partial charge in [-0.1, -0.05) is 11.3 Å². The van der Waals surface area contributed by atoms with Crippen LogP contribution in [0.1, 0.15) is 24.8 Å². The molecule has 3 nitrogen and oxygen atoms in total. The summed E-state index contributed by atoms with van der Waals surface area (Å²) in [5, 5.41) is 8.81. The molecule has 78 valence electrons. The van der Waals surface area contributed by atoms with Gasteiger partial charge in [-0.25, -0.2) is 0 Å². The Hall–Kier alpha value is -0.190. The van der Waals surface area contributed by atoms with Crippen LogP contribution in [0, 0.1) is 5.92 Å². The molecule has 0 radical (unpaired) electrons. The molecule has 0 spiro atoms. The Kier molecular flexibility index (Phi) is 3.04. The highest BCUT2D eigenvalue weighted by molar-refractivity contribution is 7.15. The van der Waals surface area contributed by atoms with Gasteiger partial charge < -0.3 is 0 Å². The van der Waals surface area contributed by atoms with Crippen LogP contribution >= 0.6 is 22.9 Å². The second kappa shape index (κ2) is 4.13.